The molecule has 1 atom stereocenters. The van der Waals surface area contributed by atoms with Gasteiger partial charge in [-0.15, -0.1) is 0 Å². The van der Waals surface area contributed by atoms with Crippen molar-refractivity contribution < 1.29 is 18.3 Å². The molecule has 2 aliphatic rings. The molecule has 0 radical (unpaired) electrons. The molecule has 116 valence electrons. The second kappa shape index (κ2) is 4.83. The highest BCUT2D eigenvalue weighted by molar-refractivity contribution is 5.69. The lowest BCUT2D eigenvalue weighted by Gasteiger charge is -2.52. The second-order valence-corrected chi connectivity index (χ2v) is 7.11. The van der Waals surface area contributed by atoms with E-state index in [1.807, 2.05) is 0 Å². The highest BCUT2D eigenvalue weighted by atomic mass is 19.3. The first-order chi connectivity index (χ1) is 9.09. The smallest absolute Gasteiger partial charge is 0.410 e. The number of nitrogens with zero attached hydrogens (tertiary/aromatic N) is 1. The maximum Gasteiger partial charge on any atom is 0.410 e. The number of nitrogens with two attached hydrogens (primary N) is 1. The minimum absolute atomic E-state index is 0.187. The van der Waals surface area contributed by atoms with Crippen LogP contribution < -0.4 is 5.73 Å². The second-order valence-electron chi connectivity index (χ2n) is 7.11. The lowest BCUT2D eigenvalue weighted by atomic mass is 9.61. The van der Waals surface area contributed by atoms with Gasteiger partial charge in [-0.05, 0) is 33.6 Å². The predicted octanol–water partition coefficient (Wildman–Crippen LogP) is 2.76. The van der Waals surface area contributed by atoms with Crippen LogP contribution in [0.15, 0.2) is 0 Å². The lowest BCUT2D eigenvalue weighted by molar-refractivity contribution is -0.178. The van der Waals surface area contributed by atoms with Crippen LogP contribution >= 0.6 is 0 Å². The van der Waals surface area contributed by atoms with Gasteiger partial charge in [0.05, 0.1) is 0 Å². The van der Waals surface area contributed by atoms with Crippen molar-refractivity contribution in [1.82, 2.24) is 4.90 Å². The maximum atomic E-state index is 13.3. The predicted molar refractivity (Wildman–Crippen MR) is 71.6 cm³/mol. The van der Waals surface area contributed by atoms with Gasteiger partial charge in [-0.2, -0.15) is 0 Å². The van der Waals surface area contributed by atoms with Gasteiger partial charge in [-0.25, -0.2) is 13.6 Å². The minimum Gasteiger partial charge on any atom is -0.444 e. The van der Waals surface area contributed by atoms with Crippen molar-refractivity contribution in [2.75, 3.05) is 13.1 Å². The first-order valence-corrected chi connectivity index (χ1v) is 7.16. The lowest BCUT2D eigenvalue weighted by Crippen LogP contribution is -2.61. The van der Waals surface area contributed by atoms with Crippen LogP contribution in [-0.4, -0.2) is 41.6 Å². The molecule has 0 spiro atoms. The molecule has 1 saturated heterocycles. The fourth-order valence-electron chi connectivity index (χ4n) is 3.44. The zero-order valence-electron chi connectivity index (χ0n) is 12.4. The molecule has 0 aromatic rings. The number of hydrogen-bond donors (Lipinski definition) is 1. The molecule has 2 fully saturated rings. The molecule has 1 aliphatic heterocycles. The zero-order valence-corrected chi connectivity index (χ0v) is 12.4. The number of ether oxygens (including phenoxy) is 1. The monoisotopic (exact) mass is 290 g/mol. The van der Waals surface area contributed by atoms with E-state index < -0.39 is 23.0 Å². The summed E-state index contributed by atoms with van der Waals surface area (Å²) in [6, 6.07) is -0.220. The van der Waals surface area contributed by atoms with E-state index in [1.54, 1.807) is 25.7 Å². The Bertz CT molecular complexity index is 385. The molecular formula is C14H24F2N2O2. The Morgan fingerprint density at radius 3 is 2.45 bits per heavy atom. The molecule has 1 saturated carbocycles. The van der Waals surface area contributed by atoms with Gasteiger partial charge >= 0.3 is 6.09 Å². The molecule has 1 amide bonds. The van der Waals surface area contributed by atoms with Crippen LogP contribution in [0.4, 0.5) is 13.6 Å². The van der Waals surface area contributed by atoms with E-state index in [4.69, 9.17) is 10.5 Å². The molecule has 0 aromatic carbocycles. The minimum atomic E-state index is -2.64. The van der Waals surface area contributed by atoms with Crippen molar-refractivity contribution in [2.24, 2.45) is 11.1 Å². The van der Waals surface area contributed by atoms with E-state index in [0.29, 0.717) is 6.54 Å². The van der Waals surface area contributed by atoms with E-state index >= 15 is 0 Å². The van der Waals surface area contributed by atoms with Gasteiger partial charge in [0.15, 0.2) is 0 Å². The van der Waals surface area contributed by atoms with Crippen LogP contribution in [0.5, 0.6) is 0 Å². The van der Waals surface area contributed by atoms with E-state index in [9.17, 15) is 13.6 Å². The molecule has 0 aromatic heterocycles. The Hall–Kier alpha value is -0.910. The number of hydrogen-bond acceptors (Lipinski definition) is 3. The van der Waals surface area contributed by atoms with Crippen molar-refractivity contribution in [3.8, 4) is 0 Å². The van der Waals surface area contributed by atoms with Crippen molar-refractivity contribution in [3.05, 3.63) is 0 Å². The highest BCUT2D eigenvalue weighted by Gasteiger charge is 2.61. The van der Waals surface area contributed by atoms with Gasteiger partial charge in [0.25, 0.3) is 0 Å². The maximum absolute atomic E-state index is 13.3. The highest BCUT2D eigenvalue weighted by Crippen LogP contribution is 2.56. The number of alkyl halides is 2. The van der Waals surface area contributed by atoms with Crippen LogP contribution in [0, 0.1) is 5.41 Å². The van der Waals surface area contributed by atoms with E-state index in [1.165, 1.54) is 0 Å². The standard InChI is InChI=1S/C14H24F2N2O2/c1-12(2,3)20-11(19)18-6-4-5-10(18)13(9-17)7-14(15,16)8-13/h10H,4-9,17H2,1-3H3. The van der Waals surface area contributed by atoms with Crippen molar-refractivity contribution >= 4 is 6.09 Å². The largest absolute Gasteiger partial charge is 0.444 e. The normalized spacial score (nSPS) is 28.1. The third-order valence-electron chi connectivity index (χ3n) is 4.22. The summed E-state index contributed by atoms with van der Waals surface area (Å²) < 4.78 is 31.9. The Morgan fingerprint density at radius 2 is 2.00 bits per heavy atom. The first-order valence-electron chi connectivity index (χ1n) is 7.16. The number of halogens is 2. The molecule has 0 bridgehead atoms. The van der Waals surface area contributed by atoms with Crippen LogP contribution in [0.1, 0.15) is 46.5 Å². The summed E-state index contributed by atoms with van der Waals surface area (Å²) in [6.07, 6.45) is 0.688. The van der Waals surface area contributed by atoms with Crippen LogP contribution in [0.25, 0.3) is 0 Å². The Labute approximate surface area is 118 Å². The number of amides is 1. The third kappa shape index (κ3) is 2.90. The third-order valence-corrected chi connectivity index (χ3v) is 4.22. The summed E-state index contributed by atoms with van der Waals surface area (Å²) in [6.45, 7) is 6.14. The van der Waals surface area contributed by atoms with E-state index in [2.05, 4.69) is 0 Å². The van der Waals surface area contributed by atoms with Crippen molar-refractivity contribution in [3.63, 3.8) is 0 Å². The fourth-order valence-corrected chi connectivity index (χ4v) is 3.44. The summed E-state index contributed by atoms with van der Waals surface area (Å²) in [4.78, 5) is 13.8. The number of likely N-dealkylation sites (tertiary alicyclic amines) is 1. The van der Waals surface area contributed by atoms with Crippen LogP contribution in [0.3, 0.4) is 0 Å². The van der Waals surface area contributed by atoms with Crippen molar-refractivity contribution in [1.29, 1.82) is 0 Å². The average molecular weight is 290 g/mol. The first kappa shape index (κ1) is 15.5. The summed E-state index contributed by atoms with van der Waals surface area (Å²) in [5.41, 5.74) is 4.53. The molecule has 1 aliphatic carbocycles. The van der Waals surface area contributed by atoms with E-state index in [0.717, 1.165) is 12.8 Å². The van der Waals surface area contributed by atoms with Gasteiger partial charge in [-0.3, -0.25) is 0 Å². The van der Waals surface area contributed by atoms with Gasteiger partial charge in [0.2, 0.25) is 5.92 Å². The van der Waals surface area contributed by atoms with Gasteiger partial charge in [-0.1, -0.05) is 0 Å². The molecule has 2 rings (SSSR count). The van der Waals surface area contributed by atoms with Crippen molar-refractivity contribution in [2.45, 2.75) is 64.0 Å². The molecule has 2 N–H and O–H groups in total. The Balaban J connectivity index is 2.09. The molecule has 20 heavy (non-hydrogen) atoms. The van der Waals surface area contributed by atoms with Gasteiger partial charge in [0, 0.05) is 37.4 Å². The Kier molecular flexibility index (Phi) is 3.73. The molecular weight excluding hydrogens is 266 g/mol. The number of rotatable bonds is 2. The summed E-state index contributed by atoms with van der Waals surface area (Å²) in [7, 11) is 0. The molecule has 1 heterocycles. The average Bonchev–Trinajstić information content (AvgIpc) is 2.71. The Morgan fingerprint density at radius 1 is 1.40 bits per heavy atom. The number of carbonyl (C=O) groups is 1. The van der Waals surface area contributed by atoms with Crippen LogP contribution in [0.2, 0.25) is 0 Å². The quantitative estimate of drug-likeness (QED) is 0.850. The topological polar surface area (TPSA) is 55.6 Å². The molecule has 6 heteroatoms. The zero-order chi connectivity index (χ0) is 15.2. The molecule has 1 unspecified atom stereocenters. The number of carbonyl (C=O) groups excluding carboxylic acids is 1. The van der Waals surface area contributed by atoms with Gasteiger partial charge < -0.3 is 15.4 Å². The fraction of sp³-hybridized carbons (Fsp3) is 0.929. The van der Waals surface area contributed by atoms with Gasteiger partial charge in [0.1, 0.15) is 5.60 Å². The summed E-state index contributed by atoms with van der Waals surface area (Å²) in [5, 5.41) is 0. The SMILES string of the molecule is CC(C)(C)OC(=O)N1CCCC1C1(CN)CC(F)(F)C1. The summed E-state index contributed by atoms with van der Waals surface area (Å²) in [5.74, 6) is -2.64. The van der Waals surface area contributed by atoms with Crippen LogP contribution in [-0.2, 0) is 4.74 Å². The summed E-state index contributed by atoms with van der Waals surface area (Å²) >= 11 is 0. The molecule has 4 nitrogen and oxygen atoms in total. The van der Waals surface area contributed by atoms with E-state index in [-0.39, 0.29) is 25.4 Å².